The molecule has 0 aliphatic carbocycles. The SMILES string of the molecule is Cc1sc(B2OC(C)(C)C(C)(C)O2)cc1Br. The molecule has 1 aromatic rings. The molecule has 2 rings (SSSR count). The van der Waals surface area contributed by atoms with E-state index in [-0.39, 0.29) is 18.3 Å². The molecular weight excluding hydrogens is 287 g/mol. The van der Waals surface area contributed by atoms with Gasteiger partial charge in [-0.3, -0.25) is 0 Å². The van der Waals surface area contributed by atoms with Crippen LogP contribution in [-0.2, 0) is 9.31 Å². The summed E-state index contributed by atoms with van der Waals surface area (Å²) in [4.78, 5) is 1.25. The van der Waals surface area contributed by atoms with Crippen molar-refractivity contribution < 1.29 is 9.31 Å². The van der Waals surface area contributed by atoms with Gasteiger partial charge in [-0.1, -0.05) is 0 Å². The van der Waals surface area contributed by atoms with Crippen molar-refractivity contribution in [2.45, 2.75) is 45.8 Å². The summed E-state index contributed by atoms with van der Waals surface area (Å²) in [5.41, 5.74) is -0.524. The van der Waals surface area contributed by atoms with E-state index >= 15 is 0 Å². The number of aryl methyl sites for hydroxylation is 1. The second-order valence-electron chi connectivity index (χ2n) is 5.14. The minimum absolute atomic E-state index is 0.236. The largest absolute Gasteiger partial charge is 0.505 e. The minimum atomic E-state index is -0.262. The van der Waals surface area contributed by atoms with Crippen molar-refractivity contribution >= 4 is 39.2 Å². The van der Waals surface area contributed by atoms with E-state index in [1.807, 2.05) is 0 Å². The van der Waals surface area contributed by atoms with Crippen LogP contribution < -0.4 is 4.78 Å². The summed E-state index contributed by atoms with van der Waals surface area (Å²) in [5, 5.41) is 0. The minimum Gasteiger partial charge on any atom is -0.399 e. The molecule has 88 valence electrons. The highest BCUT2D eigenvalue weighted by Gasteiger charge is 2.52. The Bertz CT molecular complexity index is 379. The monoisotopic (exact) mass is 302 g/mol. The van der Waals surface area contributed by atoms with Gasteiger partial charge in [0.05, 0.1) is 11.2 Å². The van der Waals surface area contributed by atoms with E-state index in [0.29, 0.717) is 0 Å². The van der Waals surface area contributed by atoms with Gasteiger partial charge in [0.1, 0.15) is 0 Å². The molecule has 1 aliphatic rings. The first kappa shape index (κ1) is 12.6. The molecule has 2 heterocycles. The van der Waals surface area contributed by atoms with E-state index < -0.39 is 0 Å². The smallest absolute Gasteiger partial charge is 0.399 e. The van der Waals surface area contributed by atoms with Crippen LogP contribution in [0.1, 0.15) is 32.6 Å². The Morgan fingerprint density at radius 3 is 2.06 bits per heavy atom. The van der Waals surface area contributed by atoms with Gasteiger partial charge in [-0.25, -0.2) is 0 Å². The lowest BCUT2D eigenvalue weighted by atomic mass is 9.88. The number of halogens is 1. The molecule has 1 aliphatic heterocycles. The number of rotatable bonds is 1. The summed E-state index contributed by atoms with van der Waals surface area (Å²) in [6.45, 7) is 10.4. The molecule has 0 unspecified atom stereocenters. The quantitative estimate of drug-likeness (QED) is 0.742. The van der Waals surface area contributed by atoms with Crippen LogP contribution in [-0.4, -0.2) is 18.3 Å². The lowest BCUT2D eigenvalue weighted by Crippen LogP contribution is -2.41. The molecule has 0 radical (unpaired) electrons. The van der Waals surface area contributed by atoms with Crippen molar-refractivity contribution in [3.63, 3.8) is 0 Å². The van der Waals surface area contributed by atoms with Crippen LogP contribution in [0.15, 0.2) is 10.5 Å². The van der Waals surface area contributed by atoms with Gasteiger partial charge >= 0.3 is 7.12 Å². The summed E-state index contributed by atoms with van der Waals surface area (Å²) in [5.74, 6) is 0. The number of thiophene rings is 1. The van der Waals surface area contributed by atoms with Crippen LogP contribution in [0.25, 0.3) is 0 Å². The van der Waals surface area contributed by atoms with Crippen LogP contribution in [0, 0.1) is 6.92 Å². The standard InChI is InChI=1S/C11H16BBrO2S/c1-7-8(13)6-9(16-7)12-14-10(2,3)11(4,5)15-12/h6H,1-5H3. The first-order valence-corrected chi connectivity index (χ1v) is 6.95. The van der Waals surface area contributed by atoms with Gasteiger partial charge in [0, 0.05) is 14.1 Å². The fourth-order valence-corrected chi connectivity index (χ4v) is 3.08. The van der Waals surface area contributed by atoms with Gasteiger partial charge in [-0.2, -0.15) is 0 Å². The normalized spacial score (nSPS) is 22.8. The molecule has 0 atom stereocenters. The van der Waals surface area contributed by atoms with E-state index in [0.717, 1.165) is 9.25 Å². The molecule has 0 aromatic carbocycles. The third-order valence-electron chi connectivity index (χ3n) is 3.36. The van der Waals surface area contributed by atoms with Gasteiger partial charge in [-0.15, -0.1) is 11.3 Å². The molecule has 5 heteroatoms. The maximum Gasteiger partial charge on any atom is 0.505 e. The first-order valence-electron chi connectivity index (χ1n) is 5.34. The molecule has 1 fully saturated rings. The van der Waals surface area contributed by atoms with Gasteiger partial charge < -0.3 is 9.31 Å². The molecular formula is C11H16BBrO2S. The van der Waals surface area contributed by atoms with Gasteiger partial charge in [0.25, 0.3) is 0 Å². The van der Waals surface area contributed by atoms with Crippen LogP contribution >= 0.6 is 27.3 Å². The Morgan fingerprint density at radius 1 is 1.19 bits per heavy atom. The van der Waals surface area contributed by atoms with E-state index in [2.05, 4.69) is 56.6 Å². The number of hydrogen-bond donors (Lipinski definition) is 0. The maximum atomic E-state index is 5.99. The van der Waals surface area contributed by atoms with Crippen molar-refractivity contribution in [2.24, 2.45) is 0 Å². The molecule has 1 aromatic heterocycles. The summed E-state index contributed by atoms with van der Waals surface area (Å²) < 4.78 is 14.2. The topological polar surface area (TPSA) is 18.5 Å². The zero-order valence-electron chi connectivity index (χ0n) is 10.3. The zero-order valence-corrected chi connectivity index (χ0v) is 12.7. The third-order valence-corrected chi connectivity index (χ3v) is 5.52. The first-order chi connectivity index (χ1) is 7.23. The zero-order chi connectivity index (χ0) is 12.1. The lowest BCUT2D eigenvalue weighted by Gasteiger charge is -2.32. The Balaban J connectivity index is 2.27. The van der Waals surface area contributed by atoms with Crippen LogP contribution in [0.3, 0.4) is 0 Å². The van der Waals surface area contributed by atoms with Crippen LogP contribution in [0.5, 0.6) is 0 Å². The van der Waals surface area contributed by atoms with Crippen molar-refractivity contribution in [2.75, 3.05) is 0 Å². The molecule has 0 N–H and O–H groups in total. The van der Waals surface area contributed by atoms with Gasteiger partial charge in [-0.05, 0) is 56.6 Å². The third kappa shape index (κ3) is 1.99. The van der Waals surface area contributed by atoms with Crippen LogP contribution in [0.2, 0.25) is 0 Å². The van der Waals surface area contributed by atoms with Gasteiger partial charge in [0.15, 0.2) is 0 Å². The Kier molecular flexibility index (Phi) is 3.02. The fraction of sp³-hybridized carbons (Fsp3) is 0.636. The highest BCUT2D eigenvalue weighted by Crippen LogP contribution is 2.37. The summed E-state index contributed by atoms with van der Waals surface area (Å²) >= 11 is 5.24. The molecule has 0 saturated carbocycles. The molecule has 2 nitrogen and oxygen atoms in total. The maximum absolute atomic E-state index is 5.99. The predicted molar refractivity (Wildman–Crippen MR) is 72.5 cm³/mol. The molecule has 0 amide bonds. The van der Waals surface area contributed by atoms with Crippen molar-refractivity contribution in [3.8, 4) is 0 Å². The fourth-order valence-electron chi connectivity index (χ4n) is 1.56. The molecule has 1 saturated heterocycles. The average molecular weight is 303 g/mol. The predicted octanol–water partition coefficient (Wildman–Crippen LogP) is 3.12. The summed E-state index contributed by atoms with van der Waals surface area (Å²) in [7, 11) is -0.236. The van der Waals surface area contributed by atoms with E-state index in [9.17, 15) is 0 Å². The van der Waals surface area contributed by atoms with E-state index in [1.165, 1.54) is 4.88 Å². The van der Waals surface area contributed by atoms with Crippen LogP contribution in [0.4, 0.5) is 0 Å². The van der Waals surface area contributed by atoms with Crippen molar-refractivity contribution in [1.82, 2.24) is 0 Å². The second kappa shape index (κ2) is 3.84. The molecule has 0 spiro atoms. The second-order valence-corrected chi connectivity index (χ2v) is 7.28. The highest BCUT2D eigenvalue weighted by atomic mass is 79.9. The molecule has 16 heavy (non-hydrogen) atoms. The average Bonchev–Trinajstić information content (AvgIpc) is 2.54. The summed E-state index contributed by atoms with van der Waals surface area (Å²) in [6, 6.07) is 2.09. The molecule has 0 bridgehead atoms. The van der Waals surface area contributed by atoms with Gasteiger partial charge in [0.2, 0.25) is 0 Å². The Labute approximate surface area is 110 Å². The Morgan fingerprint density at radius 2 is 1.69 bits per heavy atom. The Hall–Kier alpha value is 0.165. The van der Waals surface area contributed by atoms with Crippen molar-refractivity contribution in [3.05, 3.63) is 15.4 Å². The van der Waals surface area contributed by atoms with E-state index in [4.69, 9.17) is 9.31 Å². The number of hydrogen-bond acceptors (Lipinski definition) is 3. The lowest BCUT2D eigenvalue weighted by molar-refractivity contribution is 0.00578. The van der Waals surface area contributed by atoms with E-state index in [1.54, 1.807) is 11.3 Å². The highest BCUT2D eigenvalue weighted by molar-refractivity contribution is 9.10. The summed E-state index contributed by atoms with van der Waals surface area (Å²) in [6.07, 6.45) is 0. The van der Waals surface area contributed by atoms with Crippen molar-refractivity contribution in [1.29, 1.82) is 0 Å².